The number of halogens is 1. The molecule has 0 bridgehead atoms. The number of nitrogen functional groups attached to an aromatic ring is 1. The second kappa shape index (κ2) is 5.14. The first-order valence-electron chi connectivity index (χ1n) is 5.20. The molecule has 2 rings (SSSR count). The van der Waals surface area contributed by atoms with Gasteiger partial charge in [0.15, 0.2) is 0 Å². The summed E-state index contributed by atoms with van der Waals surface area (Å²) in [5, 5.41) is 2.75. The Bertz CT molecular complexity index is 600. The summed E-state index contributed by atoms with van der Waals surface area (Å²) in [6.07, 6.45) is 4.80. The number of rotatable bonds is 2. The Morgan fingerprint density at radius 3 is 2.83 bits per heavy atom. The van der Waals surface area contributed by atoms with Gasteiger partial charge in [0.25, 0.3) is 5.91 Å². The molecule has 2 aromatic heterocycles. The average molecular weight is 307 g/mol. The predicted octanol–water partition coefficient (Wildman–Crippen LogP) is 2.38. The Morgan fingerprint density at radius 1 is 1.33 bits per heavy atom. The Balaban J connectivity index is 2.24. The Kier molecular flexibility index (Phi) is 3.57. The number of anilines is 2. The highest BCUT2D eigenvalue weighted by molar-refractivity contribution is 9.10. The molecule has 2 heterocycles. The number of aryl methyl sites for hydroxylation is 1. The van der Waals surface area contributed by atoms with Crippen LogP contribution in [0, 0.1) is 6.92 Å². The van der Waals surface area contributed by atoms with Gasteiger partial charge in [-0.05, 0) is 40.5 Å². The minimum absolute atomic E-state index is 0.261. The van der Waals surface area contributed by atoms with Crippen molar-refractivity contribution in [2.45, 2.75) is 6.92 Å². The van der Waals surface area contributed by atoms with Crippen molar-refractivity contribution in [1.82, 2.24) is 9.97 Å². The van der Waals surface area contributed by atoms with Gasteiger partial charge < -0.3 is 11.1 Å². The summed E-state index contributed by atoms with van der Waals surface area (Å²) in [7, 11) is 0. The van der Waals surface area contributed by atoms with Crippen LogP contribution in [-0.2, 0) is 0 Å². The zero-order chi connectivity index (χ0) is 13.1. The number of nitrogens with zero attached hydrogens (tertiary/aromatic N) is 2. The molecule has 5 nitrogen and oxygen atoms in total. The number of hydrogen-bond donors (Lipinski definition) is 2. The number of carbonyl (C=O) groups excluding carboxylic acids is 1. The largest absolute Gasteiger partial charge is 0.384 e. The highest BCUT2D eigenvalue weighted by Crippen LogP contribution is 2.19. The van der Waals surface area contributed by atoms with Crippen LogP contribution in [0.1, 0.15) is 15.9 Å². The number of pyridine rings is 2. The Labute approximate surface area is 113 Å². The number of nitrogens with one attached hydrogen (secondary N) is 1. The predicted molar refractivity (Wildman–Crippen MR) is 73.3 cm³/mol. The van der Waals surface area contributed by atoms with Crippen LogP contribution in [0.15, 0.2) is 35.2 Å². The van der Waals surface area contributed by atoms with E-state index < -0.39 is 0 Å². The minimum atomic E-state index is -0.261. The summed E-state index contributed by atoms with van der Waals surface area (Å²) >= 11 is 3.26. The molecule has 0 aliphatic rings. The number of nitrogens with two attached hydrogens (primary N) is 1. The van der Waals surface area contributed by atoms with Crippen LogP contribution < -0.4 is 11.1 Å². The third-order valence-electron chi connectivity index (χ3n) is 2.25. The maximum atomic E-state index is 12.0. The zero-order valence-corrected chi connectivity index (χ0v) is 11.2. The van der Waals surface area contributed by atoms with E-state index in [2.05, 4.69) is 31.2 Å². The highest BCUT2D eigenvalue weighted by Gasteiger charge is 2.11. The van der Waals surface area contributed by atoms with Crippen LogP contribution in [0.3, 0.4) is 0 Å². The number of amides is 1. The Morgan fingerprint density at radius 2 is 2.11 bits per heavy atom. The fourth-order valence-electron chi connectivity index (χ4n) is 1.45. The van der Waals surface area contributed by atoms with Crippen LogP contribution in [0.25, 0.3) is 0 Å². The molecule has 0 aliphatic heterocycles. The molecule has 0 saturated carbocycles. The number of hydrogen-bond acceptors (Lipinski definition) is 4. The van der Waals surface area contributed by atoms with Gasteiger partial charge in [-0.25, -0.2) is 4.98 Å². The van der Waals surface area contributed by atoms with Crippen molar-refractivity contribution < 1.29 is 4.79 Å². The summed E-state index contributed by atoms with van der Waals surface area (Å²) in [6.45, 7) is 1.91. The van der Waals surface area contributed by atoms with Gasteiger partial charge in [0.2, 0.25) is 0 Å². The van der Waals surface area contributed by atoms with Crippen LogP contribution in [0.4, 0.5) is 11.5 Å². The van der Waals surface area contributed by atoms with Gasteiger partial charge in [-0.1, -0.05) is 0 Å². The van der Waals surface area contributed by atoms with Gasteiger partial charge in [-0.2, -0.15) is 0 Å². The molecule has 0 aromatic carbocycles. The Hall–Kier alpha value is -1.95. The van der Waals surface area contributed by atoms with Crippen molar-refractivity contribution in [3.05, 3.63) is 46.3 Å². The lowest BCUT2D eigenvalue weighted by molar-refractivity contribution is 0.102. The molecule has 0 radical (unpaired) electrons. The maximum Gasteiger partial charge on any atom is 0.257 e. The van der Waals surface area contributed by atoms with Crippen molar-refractivity contribution >= 4 is 33.3 Å². The van der Waals surface area contributed by atoms with E-state index in [0.29, 0.717) is 21.5 Å². The van der Waals surface area contributed by atoms with Gasteiger partial charge in [-0.15, -0.1) is 0 Å². The summed E-state index contributed by atoms with van der Waals surface area (Å²) in [5.41, 5.74) is 7.61. The number of carbonyl (C=O) groups is 1. The maximum absolute atomic E-state index is 12.0. The highest BCUT2D eigenvalue weighted by atomic mass is 79.9. The van der Waals surface area contributed by atoms with E-state index in [4.69, 9.17) is 5.73 Å². The van der Waals surface area contributed by atoms with Crippen molar-refractivity contribution in [2.24, 2.45) is 0 Å². The first kappa shape index (κ1) is 12.5. The molecule has 18 heavy (non-hydrogen) atoms. The van der Waals surface area contributed by atoms with Gasteiger partial charge in [0, 0.05) is 16.9 Å². The number of aromatic nitrogens is 2. The second-order valence-corrected chi connectivity index (χ2v) is 4.65. The molecule has 6 heteroatoms. The van der Waals surface area contributed by atoms with E-state index in [1.54, 1.807) is 12.4 Å². The van der Waals surface area contributed by atoms with Crippen molar-refractivity contribution in [1.29, 1.82) is 0 Å². The van der Waals surface area contributed by atoms with E-state index >= 15 is 0 Å². The minimum Gasteiger partial charge on any atom is -0.384 e. The lowest BCUT2D eigenvalue weighted by Gasteiger charge is -2.07. The zero-order valence-electron chi connectivity index (χ0n) is 9.64. The first-order valence-corrected chi connectivity index (χ1v) is 5.99. The molecule has 0 unspecified atom stereocenters. The first-order chi connectivity index (χ1) is 8.56. The van der Waals surface area contributed by atoms with E-state index in [1.807, 2.05) is 13.0 Å². The van der Waals surface area contributed by atoms with Gasteiger partial charge in [0.1, 0.15) is 5.82 Å². The van der Waals surface area contributed by atoms with Crippen LogP contribution >= 0.6 is 15.9 Å². The normalized spacial score (nSPS) is 10.1. The standard InChI is InChI=1S/C12H11BrN4O/c1-7-2-8(5-15-4-7)17-12(18)9-3-11(14)16-6-10(9)13/h2-6H,1H3,(H2,14,16)(H,17,18). The van der Waals surface area contributed by atoms with Gasteiger partial charge >= 0.3 is 0 Å². The van der Waals surface area contributed by atoms with Crippen LogP contribution in [0.2, 0.25) is 0 Å². The third kappa shape index (κ3) is 2.84. The molecule has 3 N–H and O–H groups in total. The molecule has 0 spiro atoms. The summed E-state index contributed by atoms with van der Waals surface area (Å²) < 4.78 is 0.592. The van der Waals surface area contributed by atoms with Crippen LogP contribution in [-0.4, -0.2) is 15.9 Å². The molecule has 92 valence electrons. The van der Waals surface area contributed by atoms with Crippen molar-refractivity contribution in [2.75, 3.05) is 11.1 Å². The van der Waals surface area contributed by atoms with Gasteiger partial charge in [-0.3, -0.25) is 9.78 Å². The van der Waals surface area contributed by atoms with E-state index in [9.17, 15) is 4.79 Å². The topological polar surface area (TPSA) is 80.9 Å². The smallest absolute Gasteiger partial charge is 0.257 e. The SMILES string of the molecule is Cc1cncc(NC(=O)c2cc(N)ncc2Br)c1. The van der Waals surface area contributed by atoms with E-state index in [0.717, 1.165) is 5.56 Å². The third-order valence-corrected chi connectivity index (χ3v) is 2.89. The van der Waals surface area contributed by atoms with E-state index in [1.165, 1.54) is 12.3 Å². The molecule has 0 saturated heterocycles. The molecular formula is C12H11BrN4O. The molecular weight excluding hydrogens is 296 g/mol. The van der Waals surface area contributed by atoms with Gasteiger partial charge in [0.05, 0.1) is 17.4 Å². The van der Waals surface area contributed by atoms with Crippen LogP contribution in [0.5, 0.6) is 0 Å². The summed E-state index contributed by atoms with van der Waals surface area (Å²) in [6, 6.07) is 3.35. The lowest BCUT2D eigenvalue weighted by Crippen LogP contribution is -2.13. The van der Waals surface area contributed by atoms with Crippen molar-refractivity contribution in [3.63, 3.8) is 0 Å². The molecule has 0 fully saturated rings. The monoisotopic (exact) mass is 306 g/mol. The summed E-state index contributed by atoms with van der Waals surface area (Å²) in [5.74, 6) is 0.0362. The average Bonchev–Trinajstić information content (AvgIpc) is 2.32. The lowest BCUT2D eigenvalue weighted by atomic mass is 10.2. The fraction of sp³-hybridized carbons (Fsp3) is 0.0833. The quantitative estimate of drug-likeness (QED) is 0.892. The van der Waals surface area contributed by atoms with E-state index in [-0.39, 0.29) is 5.91 Å². The molecule has 0 atom stereocenters. The summed E-state index contributed by atoms with van der Waals surface area (Å²) in [4.78, 5) is 19.9. The second-order valence-electron chi connectivity index (χ2n) is 3.79. The molecule has 0 aliphatic carbocycles. The fourth-order valence-corrected chi connectivity index (χ4v) is 1.85. The molecule has 2 aromatic rings. The molecule has 1 amide bonds. The van der Waals surface area contributed by atoms with Crippen molar-refractivity contribution in [3.8, 4) is 0 Å².